The monoisotopic (exact) mass is 253 g/mol. The molecule has 2 N–H and O–H groups in total. The molecule has 1 aromatic carbocycles. The minimum Gasteiger partial charge on any atom is -0.323 e. The van der Waals surface area contributed by atoms with Crippen LogP contribution in [0.4, 0.5) is 0 Å². The van der Waals surface area contributed by atoms with E-state index in [1.165, 1.54) is 0 Å². The van der Waals surface area contributed by atoms with Crippen LogP contribution in [-0.2, 0) is 0 Å². The summed E-state index contributed by atoms with van der Waals surface area (Å²) in [7, 11) is 0. The normalized spacial score (nSPS) is 12.7. The van der Waals surface area contributed by atoms with Crippen molar-refractivity contribution in [2.45, 2.75) is 19.4 Å². The molecule has 19 heavy (non-hydrogen) atoms. The summed E-state index contributed by atoms with van der Waals surface area (Å²) >= 11 is 0. The number of hydrogen-bond donors (Lipinski definition) is 1. The van der Waals surface area contributed by atoms with Gasteiger partial charge in [-0.1, -0.05) is 18.2 Å². The molecular weight excluding hydrogens is 238 g/mol. The molecule has 0 aliphatic heterocycles. The maximum Gasteiger partial charge on any atom is 0.0998 e. The maximum atomic E-state index is 5.97. The number of aromatic nitrogens is 4. The third kappa shape index (κ3) is 2.08. The number of nitrogens with two attached hydrogens (primary N) is 1. The second-order valence-electron chi connectivity index (χ2n) is 4.45. The molecule has 0 saturated heterocycles. The summed E-state index contributed by atoms with van der Waals surface area (Å²) in [5.74, 6) is 0. The summed E-state index contributed by atoms with van der Waals surface area (Å²) in [5.41, 5.74) is 8.69. The minimum atomic E-state index is -0.0677. The molecule has 0 spiro atoms. The van der Waals surface area contributed by atoms with Crippen LogP contribution in [0, 0.1) is 0 Å². The maximum absolute atomic E-state index is 5.97. The van der Waals surface area contributed by atoms with Gasteiger partial charge in [0.05, 0.1) is 29.1 Å². The molecular formula is C14H15N5. The van der Waals surface area contributed by atoms with E-state index in [4.69, 9.17) is 5.73 Å². The Hall–Kier alpha value is -2.27. The summed E-state index contributed by atoms with van der Waals surface area (Å²) < 4.78 is 1.76. The van der Waals surface area contributed by atoms with Crippen molar-refractivity contribution in [2.24, 2.45) is 5.73 Å². The lowest BCUT2D eigenvalue weighted by molar-refractivity contribution is 0.670. The topological polar surface area (TPSA) is 69.6 Å². The van der Waals surface area contributed by atoms with E-state index in [2.05, 4.69) is 15.3 Å². The molecule has 96 valence electrons. The zero-order valence-electron chi connectivity index (χ0n) is 10.7. The first-order valence-corrected chi connectivity index (χ1v) is 6.31. The van der Waals surface area contributed by atoms with Crippen LogP contribution in [0.25, 0.3) is 16.6 Å². The smallest absolute Gasteiger partial charge is 0.0998 e. The van der Waals surface area contributed by atoms with Gasteiger partial charge in [-0.15, -0.1) is 5.10 Å². The second-order valence-corrected chi connectivity index (χ2v) is 4.45. The lowest BCUT2D eigenvalue weighted by Gasteiger charge is -2.05. The SMILES string of the molecule is CCC(N)c1cn(-c2cccc3ncccc23)nn1. The van der Waals surface area contributed by atoms with E-state index in [0.717, 1.165) is 28.7 Å². The molecule has 0 bridgehead atoms. The van der Waals surface area contributed by atoms with Crippen LogP contribution >= 0.6 is 0 Å². The first-order chi connectivity index (χ1) is 9.29. The Morgan fingerprint density at radius 3 is 3.00 bits per heavy atom. The summed E-state index contributed by atoms with van der Waals surface area (Å²) in [4.78, 5) is 4.34. The van der Waals surface area contributed by atoms with Crippen molar-refractivity contribution in [1.82, 2.24) is 20.0 Å². The molecule has 0 radical (unpaired) electrons. The van der Waals surface area contributed by atoms with Gasteiger partial charge in [0.25, 0.3) is 0 Å². The van der Waals surface area contributed by atoms with Gasteiger partial charge in [-0.2, -0.15) is 0 Å². The van der Waals surface area contributed by atoms with E-state index in [1.54, 1.807) is 10.9 Å². The Morgan fingerprint density at radius 2 is 2.16 bits per heavy atom. The van der Waals surface area contributed by atoms with E-state index < -0.39 is 0 Å². The number of benzene rings is 1. The Morgan fingerprint density at radius 1 is 1.26 bits per heavy atom. The minimum absolute atomic E-state index is 0.0677. The van der Waals surface area contributed by atoms with Crippen LogP contribution in [0.1, 0.15) is 25.1 Å². The van der Waals surface area contributed by atoms with E-state index in [9.17, 15) is 0 Å². The second kappa shape index (κ2) is 4.78. The molecule has 0 fully saturated rings. The van der Waals surface area contributed by atoms with Gasteiger partial charge in [0.1, 0.15) is 0 Å². The number of hydrogen-bond acceptors (Lipinski definition) is 4. The summed E-state index contributed by atoms with van der Waals surface area (Å²) in [6, 6.07) is 9.82. The third-order valence-corrected chi connectivity index (χ3v) is 3.20. The van der Waals surface area contributed by atoms with Gasteiger partial charge in [-0.3, -0.25) is 4.98 Å². The van der Waals surface area contributed by atoms with Crippen molar-refractivity contribution in [3.63, 3.8) is 0 Å². The highest BCUT2D eigenvalue weighted by atomic mass is 15.4. The lowest BCUT2D eigenvalue weighted by atomic mass is 10.1. The predicted molar refractivity (Wildman–Crippen MR) is 73.9 cm³/mol. The van der Waals surface area contributed by atoms with Crippen molar-refractivity contribution < 1.29 is 0 Å². The fourth-order valence-electron chi connectivity index (χ4n) is 2.06. The molecule has 0 amide bonds. The molecule has 0 aliphatic carbocycles. The Bertz CT molecular complexity index is 698. The van der Waals surface area contributed by atoms with Crippen molar-refractivity contribution in [2.75, 3.05) is 0 Å². The van der Waals surface area contributed by atoms with Gasteiger partial charge < -0.3 is 5.73 Å². The summed E-state index contributed by atoms with van der Waals surface area (Å²) in [5, 5.41) is 9.35. The summed E-state index contributed by atoms with van der Waals surface area (Å²) in [6.07, 6.45) is 4.51. The average molecular weight is 253 g/mol. The van der Waals surface area contributed by atoms with Gasteiger partial charge in [-0.25, -0.2) is 4.68 Å². The molecule has 0 saturated carbocycles. The van der Waals surface area contributed by atoms with Crippen LogP contribution in [-0.4, -0.2) is 20.0 Å². The lowest BCUT2D eigenvalue weighted by Crippen LogP contribution is -2.08. The van der Waals surface area contributed by atoms with Crippen LogP contribution in [0.2, 0.25) is 0 Å². The highest BCUT2D eigenvalue weighted by Crippen LogP contribution is 2.20. The number of pyridine rings is 1. The molecule has 3 rings (SSSR count). The van der Waals surface area contributed by atoms with E-state index in [1.807, 2.05) is 43.5 Å². The Labute approximate surface area is 111 Å². The molecule has 5 heteroatoms. The van der Waals surface area contributed by atoms with Gasteiger partial charge in [0.15, 0.2) is 0 Å². The zero-order chi connectivity index (χ0) is 13.2. The first kappa shape index (κ1) is 11.8. The van der Waals surface area contributed by atoms with Gasteiger partial charge in [-0.05, 0) is 30.7 Å². The molecule has 2 aromatic heterocycles. The highest BCUT2D eigenvalue weighted by Gasteiger charge is 2.10. The highest BCUT2D eigenvalue weighted by molar-refractivity contribution is 5.86. The Balaban J connectivity index is 2.12. The average Bonchev–Trinajstić information content (AvgIpc) is 2.95. The van der Waals surface area contributed by atoms with Crippen LogP contribution in [0.15, 0.2) is 42.7 Å². The van der Waals surface area contributed by atoms with Crippen molar-refractivity contribution in [3.05, 3.63) is 48.4 Å². The fourth-order valence-corrected chi connectivity index (χ4v) is 2.06. The van der Waals surface area contributed by atoms with Crippen molar-refractivity contribution >= 4 is 10.9 Å². The van der Waals surface area contributed by atoms with Gasteiger partial charge >= 0.3 is 0 Å². The zero-order valence-corrected chi connectivity index (χ0v) is 10.7. The van der Waals surface area contributed by atoms with Crippen LogP contribution < -0.4 is 5.73 Å². The van der Waals surface area contributed by atoms with Crippen molar-refractivity contribution in [1.29, 1.82) is 0 Å². The molecule has 3 aromatic rings. The van der Waals surface area contributed by atoms with Crippen molar-refractivity contribution in [3.8, 4) is 5.69 Å². The molecule has 5 nitrogen and oxygen atoms in total. The molecule has 2 heterocycles. The Kier molecular flexibility index (Phi) is 2.97. The van der Waals surface area contributed by atoms with Gasteiger partial charge in [0, 0.05) is 11.6 Å². The molecule has 1 atom stereocenters. The molecule has 0 aliphatic rings. The van der Waals surface area contributed by atoms with Gasteiger partial charge in [0.2, 0.25) is 0 Å². The van der Waals surface area contributed by atoms with E-state index in [-0.39, 0.29) is 6.04 Å². The fraction of sp³-hybridized carbons (Fsp3) is 0.214. The number of nitrogens with zero attached hydrogens (tertiary/aromatic N) is 4. The van der Waals surface area contributed by atoms with Crippen LogP contribution in [0.5, 0.6) is 0 Å². The largest absolute Gasteiger partial charge is 0.323 e. The first-order valence-electron chi connectivity index (χ1n) is 6.31. The molecule has 1 unspecified atom stereocenters. The third-order valence-electron chi connectivity index (χ3n) is 3.20. The van der Waals surface area contributed by atoms with E-state index >= 15 is 0 Å². The quantitative estimate of drug-likeness (QED) is 0.777. The summed E-state index contributed by atoms with van der Waals surface area (Å²) in [6.45, 7) is 2.03. The van der Waals surface area contributed by atoms with Crippen LogP contribution in [0.3, 0.4) is 0 Å². The predicted octanol–water partition coefficient (Wildman–Crippen LogP) is 2.23. The number of fused-ring (bicyclic) bond motifs is 1. The van der Waals surface area contributed by atoms with E-state index in [0.29, 0.717) is 0 Å². The number of rotatable bonds is 3. The standard InChI is InChI=1S/C14H15N5/c1-2-11(15)13-9-19(18-17-13)14-7-3-6-12-10(14)5-4-8-16-12/h3-9,11H,2,15H2,1H3.